The summed E-state index contributed by atoms with van der Waals surface area (Å²) in [6.45, 7) is 9.91. The van der Waals surface area contributed by atoms with Crippen LogP contribution in [0.2, 0.25) is 0 Å². The molecule has 4 nitrogen and oxygen atoms in total. The number of anilines is 2. The molecule has 19 heavy (non-hydrogen) atoms. The van der Waals surface area contributed by atoms with Crippen LogP contribution >= 0.6 is 11.8 Å². The maximum atomic E-state index is 5.90. The molecule has 0 bridgehead atoms. The van der Waals surface area contributed by atoms with E-state index in [1.54, 1.807) is 0 Å². The Bertz CT molecular complexity index is 391. The first kappa shape index (κ1) is 16.1. The maximum Gasteiger partial charge on any atom is 0.191 e. The van der Waals surface area contributed by atoms with E-state index in [4.69, 9.17) is 5.73 Å². The van der Waals surface area contributed by atoms with Crippen LogP contribution in [0.4, 0.5) is 11.6 Å². The summed E-state index contributed by atoms with van der Waals surface area (Å²) in [7, 11) is 0. The van der Waals surface area contributed by atoms with E-state index in [0.717, 1.165) is 30.4 Å². The topological polar surface area (TPSA) is 55.0 Å². The molecular weight excluding hydrogens is 256 g/mol. The molecule has 0 unspecified atom stereocenters. The van der Waals surface area contributed by atoms with Crippen LogP contribution < -0.4 is 10.6 Å². The quantitative estimate of drug-likeness (QED) is 0.613. The first-order valence-electron chi connectivity index (χ1n) is 6.96. The molecule has 1 aromatic rings. The molecule has 0 aliphatic rings. The van der Waals surface area contributed by atoms with Crippen LogP contribution in [-0.2, 0) is 0 Å². The highest BCUT2D eigenvalue weighted by Gasteiger charge is 2.19. The lowest BCUT2D eigenvalue weighted by molar-refractivity contribution is 0.502. The van der Waals surface area contributed by atoms with Crippen molar-refractivity contribution in [2.45, 2.75) is 51.7 Å². The van der Waals surface area contributed by atoms with Gasteiger partial charge in [0.2, 0.25) is 0 Å². The van der Waals surface area contributed by atoms with Crippen molar-refractivity contribution in [3.05, 3.63) is 6.07 Å². The molecule has 2 N–H and O–H groups in total. The predicted octanol–water partition coefficient (Wildman–Crippen LogP) is 3.43. The van der Waals surface area contributed by atoms with E-state index in [2.05, 4.69) is 42.6 Å². The molecule has 0 aliphatic heterocycles. The largest absolute Gasteiger partial charge is 0.383 e. The van der Waals surface area contributed by atoms with Crippen LogP contribution in [0.15, 0.2) is 11.2 Å². The molecule has 1 rings (SSSR count). The van der Waals surface area contributed by atoms with Gasteiger partial charge in [0, 0.05) is 18.7 Å². The Morgan fingerprint density at radius 3 is 2.37 bits per heavy atom. The molecule has 0 atom stereocenters. The molecule has 108 valence electrons. The molecule has 0 amide bonds. The van der Waals surface area contributed by atoms with Crippen molar-refractivity contribution in [1.82, 2.24) is 9.97 Å². The Morgan fingerprint density at radius 2 is 1.89 bits per heavy atom. The third-order valence-electron chi connectivity index (χ3n) is 3.13. The zero-order valence-corrected chi connectivity index (χ0v) is 13.5. The monoisotopic (exact) mass is 282 g/mol. The fourth-order valence-electron chi connectivity index (χ4n) is 2.22. The minimum atomic E-state index is 0.506. The van der Waals surface area contributed by atoms with Crippen molar-refractivity contribution in [2.75, 3.05) is 23.4 Å². The lowest BCUT2D eigenvalue weighted by Gasteiger charge is -2.33. The Hall–Kier alpha value is -0.970. The Balaban J connectivity index is 3.11. The molecule has 5 heteroatoms. The fraction of sp³-hybridized carbons (Fsp3) is 0.714. The van der Waals surface area contributed by atoms with Crippen LogP contribution in [0.5, 0.6) is 0 Å². The van der Waals surface area contributed by atoms with Gasteiger partial charge in [0.15, 0.2) is 5.16 Å². The molecule has 0 saturated heterocycles. The number of hydrogen-bond acceptors (Lipinski definition) is 5. The van der Waals surface area contributed by atoms with E-state index in [1.807, 2.05) is 12.3 Å². The average Bonchev–Trinajstić information content (AvgIpc) is 2.37. The molecular formula is C14H26N4S. The number of thioether (sulfide) groups is 1. The molecule has 0 radical (unpaired) electrons. The molecule has 0 fully saturated rings. The Labute approximate surface area is 121 Å². The number of nitrogens with zero attached hydrogens (tertiary/aromatic N) is 3. The number of nitrogens with two attached hydrogens (primary N) is 1. The van der Waals surface area contributed by atoms with E-state index < -0.39 is 0 Å². The second-order valence-electron chi connectivity index (χ2n) is 5.15. The number of aromatic nitrogens is 2. The third-order valence-corrected chi connectivity index (χ3v) is 3.68. The van der Waals surface area contributed by atoms with Gasteiger partial charge >= 0.3 is 0 Å². The van der Waals surface area contributed by atoms with Gasteiger partial charge in [0.25, 0.3) is 0 Å². The van der Waals surface area contributed by atoms with E-state index in [-0.39, 0.29) is 0 Å². The molecule has 1 aromatic heterocycles. The van der Waals surface area contributed by atoms with Crippen molar-refractivity contribution in [3.8, 4) is 0 Å². The standard InChI is InChI=1S/C14H26N4S/c1-6-11(7-2)18(9-10(3)4)13-8-12(15)16-14(17-13)19-5/h8,10-11H,6-7,9H2,1-5H3,(H2,15,16,17). The summed E-state index contributed by atoms with van der Waals surface area (Å²) in [4.78, 5) is 11.2. The summed E-state index contributed by atoms with van der Waals surface area (Å²) < 4.78 is 0. The summed E-state index contributed by atoms with van der Waals surface area (Å²) >= 11 is 1.53. The van der Waals surface area contributed by atoms with Crippen molar-refractivity contribution in [3.63, 3.8) is 0 Å². The molecule has 0 spiro atoms. The molecule has 0 aromatic carbocycles. The van der Waals surface area contributed by atoms with Gasteiger partial charge in [-0.25, -0.2) is 9.97 Å². The predicted molar refractivity (Wildman–Crippen MR) is 84.8 cm³/mol. The van der Waals surface area contributed by atoms with Crippen LogP contribution in [-0.4, -0.2) is 28.8 Å². The van der Waals surface area contributed by atoms with Gasteiger partial charge < -0.3 is 10.6 Å². The van der Waals surface area contributed by atoms with E-state index in [1.165, 1.54) is 11.8 Å². The zero-order chi connectivity index (χ0) is 14.4. The molecule has 1 heterocycles. The highest BCUT2D eigenvalue weighted by molar-refractivity contribution is 7.98. The second-order valence-corrected chi connectivity index (χ2v) is 5.93. The normalized spacial score (nSPS) is 11.3. The first-order chi connectivity index (χ1) is 9.01. The number of hydrogen-bond donors (Lipinski definition) is 1. The smallest absolute Gasteiger partial charge is 0.191 e. The van der Waals surface area contributed by atoms with Gasteiger partial charge in [-0.15, -0.1) is 0 Å². The number of rotatable bonds is 7. The van der Waals surface area contributed by atoms with Crippen molar-refractivity contribution in [1.29, 1.82) is 0 Å². The maximum absolute atomic E-state index is 5.90. The van der Waals surface area contributed by atoms with Crippen molar-refractivity contribution < 1.29 is 0 Å². The highest BCUT2D eigenvalue weighted by atomic mass is 32.2. The summed E-state index contributed by atoms with van der Waals surface area (Å²) in [6, 6.07) is 2.40. The summed E-state index contributed by atoms with van der Waals surface area (Å²) in [5, 5.41) is 0.745. The highest BCUT2D eigenvalue weighted by Crippen LogP contribution is 2.23. The van der Waals surface area contributed by atoms with Gasteiger partial charge in [-0.05, 0) is 25.0 Å². The van der Waals surface area contributed by atoms with Gasteiger partial charge in [-0.2, -0.15) is 0 Å². The van der Waals surface area contributed by atoms with E-state index in [0.29, 0.717) is 17.8 Å². The van der Waals surface area contributed by atoms with Gasteiger partial charge in [0.05, 0.1) is 0 Å². The SMILES string of the molecule is CCC(CC)N(CC(C)C)c1cc(N)nc(SC)n1. The van der Waals surface area contributed by atoms with Crippen LogP contribution in [0.3, 0.4) is 0 Å². The molecule has 0 saturated carbocycles. The van der Waals surface area contributed by atoms with Gasteiger partial charge in [-0.3, -0.25) is 0 Å². The molecule has 0 aliphatic carbocycles. The lowest BCUT2D eigenvalue weighted by Crippen LogP contribution is -2.38. The van der Waals surface area contributed by atoms with Crippen LogP contribution in [0, 0.1) is 5.92 Å². The van der Waals surface area contributed by atoms with Crippen LogP contribution in [0.25, 0.3) is 0 Å². The Morgan fingerprint density at radius 1 is 1.26 bits per heavy atom. The van der Waals surface area contributed by atoms with Gasteiger partial charge in [-0.1, -0.05) is 39.5 Å². The third kappa shape index (κ3) is 4.56. The average molecular weight is 282 g/mol. The van der Waals surface area contributed by atoms with Crippen molar-refractivity contribution >= 4 is 23.4 Å². The lowest BCUT2D eigenvalue weighted by atomic mass is 10.1. The van der Waals surface area contributed by atoms with Gasteiger partial charge in [0.1, 0.15) is 11.6 Å². The minimum absolute atomic E-state index is 0.506. The summed E-state index contributed by atoms with van der Waals surface area (Å²) in [6.07, 6.45) is 4.20. The summed E-state index contributed by atoms with van der Waals surface area (Å²) in [5.74, 6) is 2.10. The second kappa shape index (κ2) is 7.58. The summed E-state index contributed by atoms with van der Waals surface area (Å²) in [5.41, 5.74) is 5.90. The fourth-order valence-corrected chi connectivity index (χ4v) is 2.60. The van der Waals surface area contributed by atoms with E-state index in [9.17, 15) is 0 Å². The Kier molecular flexibility index (Phi) is 6.42. The van der Waals surface area contributed by atoms with Crippen LogP contribution in [0.1, 0.15) is 40.5 Å². The number of nitrogen functional groups attached to an aromatic ring is 1. The van der Waals surface area contributed by atoms with Crippen molar-refractivity contribution in [2.24, 2.45) is 5.92 Å². The zero-order valence-electron chi connectivity index (χ0n) is 12.7. The first-order valence-corrected chi connectivity index (χ1v) is 8.19. The van der Waals surface area contributed by atoms with E-state index >= 15 is 0 Å². The minimum Gasteiger partial charge on any atom is -0.383 e.